The molecule has 41 heavy (non-hydrogen) atoms. The summed E-state index contributed by atoms with van der Waals surface area (Å²) in [7, 11) is -2.88. The third kappa shape index (κ3) is 6.27. The van der Waals surface area contributed by atoms with Crippen molar-refractivity contribution in [1.82, 2.24) is 19.3 Å². The molecule has 0 aliphatic carbocycles. The van der Waals surface area contributed by atoms with Crippen LogP contribution in [-0.4, -0.2) is 73.7 Å². The van der Waals surface area contributed by atoms with Crippen LogP contribution in [0.3, 0.4) is 0 Å². The fourth-order valence-electron chi connectivity index (χ4n) is 4.43. The largest absolute Gasteiger partial charge is 0.485 e. The third-order valence-corrected chi connectivity index (χ3v) is 8.47. The normalized spacial score (nSPS) is 16.0. The molecule has 14 heteroatoms. The van der Waals surface area contributed by atoms with Crippen molar-refractivity contribution >= 4 is 33.0 Å². The second kappa shape index (κ2) is 12.0. The van der Waals surface area contributed by atoms with Gasteiger partial charge in [0.15, 0.2) is 0 Å². The maximum Gasteiger partial charge on any atom is 0.300 e. The number of methoxy groups -OCH3 is 1. The lowest BCUT2D eigenvalue weighted by Gasteiger charge is -2.32. The summed E-state index contributed by atoms with van der Waals surface area (Å²) in [6, 6.07) is 8.12. The average Bonchev–Trinajstić information content (AvgIpc) is 2.94. The van der Waals surface area contributed by atoms with Gasteiger partial charge in [0.1, 0.15) is 28.7 Å². The van der Waals surface area contributed by atoms with E-state index in [9.17, 15) is 17.6 Å². The highest BCUT2D eigenvalue weighted by atomic mass is 35.5. The molecule has 5 rings (SSSR count). The molecule has 11 nitrogen and oxygen atoms in total. The van der Waals surface area contributed by atoms with E-state index >= 15 is 0 Å². The van der Waals surface area contributed by atoms with Gasteiger partial charge in [-0.1, -0.05) is 11.6 Å². The van der Waals surface area contributed by atoms with Gasteiger partial charge in [-0.2, -0.15) is 0 Å². The summed E-state index contributed by atoms with van der Waals surface area (Å²) in [4.78, 5) is 23.7. The second-order valence-corrected chi connectivity index (χ2v) is 11.4. The molecule has 4 heterocycles. The van der Waals surface area contributed by atoms with E-state index in [-0.39, 0.29) is 38.8 Å². The Morgan fingerprint density at radius 2 is 2.00 bits per heavy atom. The van der Waals surface area contributed by atoms with Gasteiger partial charge in [0.25, 0.3) is 15.6 Å². The van der Waals surface area contributed by atoms with Crippen molar-refractivity contribution in [2.24, 2.45) is 0 Å². The minimum absolute atomic E-state index is 0.000421. The number of pyridine rings is 2. The molecule has 1 fully saturated rings. The van der Waals surface area contributed by atoms with Gasteiger partial charge in [-0.05, 0) is 43.3 Å². The summed E-state index contributed by atoms with van der Waals surface area (Å²) >= 11 is 5.98. The third-order valence-electron chi connectivity index (χ3n) is 6.62. The van der Waals surface area contributed by atoms with Crippen LogP contribution in [0, 0.1) is 5.82 Å². The number of sulfonamides is 1. The van der Waals surface area contributed by atoms with E-state index in [1.807, 2.05) is 0 Å². The molecule has 1 N–H and O–H groups in total. The minimum atomic E-state index is -4.22. The van der Waals surface area contributed by atoms with Crippen LogP contribution in [0.15, 0.2) is 64.7 Å². The number of ether oxygens (including phenoxy) is 3. The molecule has 1 aliphatic rings. The van der Waals surface area contributed by atoms with Gasteiger partial charge in [0.2, 0.25) is 11.6 Å². The zero-order chi connectivity index (χ0) is 29.1. The van der Waals surface area contributed by atoms with Gasteiger partial charge in [-0.25, -0.2) is 22.8 Å². The lowest BCUT2D eigenvalue weighted by molar-refractivity contribution is -0.00523. The van der Waals surface area contributed by atoms with Crippen molar-refractivity contribution < 1.29 is 27.0 Å². The number of hydrogen-bond acceptors (Lipinski definition) is 9. The highest BCUT2D eigenvalue weighted by molar-refractivity contribution is 7.92. The molecule has 1 unspecified atom stereocenters. The van der Waals surface area contributed by atoms with Crippen molar-refractivity contribution in [3.8, 4) is 22.8 Å². The number of morpholine rings is 1. The molecule has 1 atom stereocenters. The van der Waals surface area contributed by atoms with Crippen LogP contribution in [0.25, 0.3) is 16.8 Å². The monoisotopic (exact) mass is 603 g/mol. The molecule has 0 amide bonds. The number of anilines is 1. The topological polar surface area (TPSA) is 124 Å². The summed E-state index contributed by atoms with van der Waals surface area (Å²) in [6.07, 6.45) is 4.45. The zero-order valence-corrected chi connectivity index (χ0v) is 23.8. The van der Waals surface area contributed by atoms with Crippen LogP contribution in [0.5, 0.6) is 11.6 Å². The highest BCUT2D eigenvalue weighted by Gasteiger charge is 2.22. The molecule has 3 aromatic heterocycles. The molecule has 1 aromatic carbocycles. The smallest absolute Gasteiger partial charge is 0.300 e. The number of fused-ring (bicyclic) bond motifs is 1. The first-order chi connectivity index (χ1) is 19.7. The standard InChI is InChI=1S/C27H27ClFN5O6S/c1-17-16-39-9-7-33(17)8-10-40-23-14-30-25-6-3-18(15-34(25)27(23)35)19-11-22(26(38-2)31-13-19)32-41(36,37)24-5-4-20(29)12-21(24)28/h3-6,11-15,17,32H,7-10,16H2,1-2H3. The summed E-state index contributed by atoms with van der Waals surface area (Å²) in [5, 5.41) is -0.278. The maximum absolute atomic E-state index is 13.5. The molecule has 0 bridgehead atoms. The second-order valence-electron chi connectivity index (χ2n) is 9.34. The van der Waals surface area contributed by atoms with Crippen LogP contribution >= 0.6 is 11.6 Å². The number of rotatable bonds is 9. The predicted octanol–water partition coefficient (Wildman–Crippen LogP) is 3.46. The number of hydrogen-bond donors (Lipinski definition) is 1. The van der Waals surface area contributed by atoms with Crippen molar-refractivity contribution in [3.63, 3.8) is 0 Å². The fraction of sp³-hybridized carbons (Fsp3) is 0.296. The molecule has 0 spiro atoms. The predicted molar refractivity (Wildman–Crippen MR) is 151 cm³/mol. The van der Waals surface area contributed by atoms with Crippen LogP contribution in [-0.2, 0) is 14.8 Å². The molecular formula is C27H27ClFN5O6S. The van der Waals surface area contributed by atoms with E-state index in [0.29, 0.717) is 43.1 Å². The van der Waals surface area contributed by atoms with Crippen molar-refractivity contribution in [1.29, 1.82) is 0 Å². The number of aromatic nitrogens is 3. The first-order valence-corrected chi connectivity index (χ1v) is 14.5. The first kappa shape index (κ1) is 28.7. The Hall–Kier alpha value is -3.78. The van der Waals surface area contributed by atoms with Crippen molar-refractivity contribution in [3.05, 3.63) is 76.2 Å². The Labute approximate surface area is 240 Å². The summed E-state index contributed by atoms with van der Waals surface area (Å²) in [6.45, 7) is 5.16. The number of nitrogens with one attached hydrogen (secondary N) is 1. The van der Waals surface area contributed by atoms with E-state index in [1.165, 1.54) is 30.0 Å². The Balaban J connectivity index is 1.41. The average molecular weight is 604 g/mol. The van der Waals surface area contributed by atoms with Crippen molar-refractivity contribution in [2.45, 2.75) is 17.9 Å². The van der Waals surface area contributed by atoms with E-state index in [4.69, 9.17) is 25.8 Å². The van der Waals surface area contributed by atoms with Gasteiger partial charge in [0, 0.05) is 42.7 Å². The molecule has 1 aliphatic heterocycles. The number of nitrogens with zero attached hydrogens (tertiary/aromatic N) is 4. The van der Waals surface area contributed by atoms with Gasteiger partial charge in [-0.3, -0.25) is 18.8 Å². The van der Waals surface area contributed by atoms with Gasteiger partial charge in [-0.15, -0.1) is 0 Å². The lowest BCUT2D eigenvalue weighted by atomic mass is 10.1. The fourth-order valence-corrected chi connectivity index (χ4v) is 6.02. The number of benzene rings is 1. The Kier molecular flexibility index (Phi) is 8.40. The quantitative estimate of drug-likeness (QED) is 0.306. The van der Waals surface area contributed by atoms with Crippen LogP contribution < -0.4 is 19.8 Å². The Morgan fingerprint density at radius 1 is 1.17 bits per heavy atom. The van der Waals surface area contributed by atoms with E-state index in [1.54, 1.807) is 18.3 Å². The van der Waals surface area contributed by atoms with Gasteiger partial charge in [0.05, 0.1) is 31.5 Å². The van der Waals surface area contributed by atoms with Crippen LogP contribution in [0.1, 0.15) is 6.92 Å². The molecular weight excluding hydrogens is 577 g/mol. The van der Waals surface area contributed by atoms with E-state index in [0.717, 1.165) is 24.7 Å². The van der Waals surface area contributed by atoms with Gasteiger partial charge < -0.3 is 14.2 Å². The maximum atomic E-state index is 13.5. The summed E-state index contributed by atoms with van der Waals surface area (Å²) in [5.41, 5.74) is 1.07. The SMILES string of the molecule is COc1ncc(-c2ccc3ncc(OCCN4CCOCC4C)c(=O)n3c2)cc1NS(=O)(=O)c1ccc(F)cc1Cl. The molecule has 1 saturated heterocycles. The Morgan fingerprint density at radius 3 is 2.76 bits per heavy atom. The molecule has 4 aromatic rings. The Bertz CT molecular complexity index is 1750. The first-order valence-electron chi connectivity index (χ1n) is 12.6. The van der Waals surface area contributed by atoms with Crippen LogP contribution in [0.4, 0.5) is 10.1 Å². The molecule has 0 radical (unpaired) electrons. The van der Waals surface area contributed by atoms with E-state index in [2.05, 4.69) is 26.5 Å². The summed E-state index contributed by atoms with van der Waals surface area (Å²) in [5.74, 6) is -0.560. The van der Waals surface area contributed by atoms with E-state index < -0.39 is 15.8 Å². The highest BCUT2D eigenvalue weighted by Crippen LogP contribution is 2.31. The van der Waals surface area contributed by atoms with Crippen molar-refractivity contribution in [2.75, 3.05) is 44.7 Å². The minimum Gasteiger partial charge on any atom is -0.485 e. The summed E-state index contributed by atoms with van der Waals surface area (Å²) < 4.78 is 59.8. The molecule has 216 valence electrons. The zero-order valence-electron chi connectivity index (χ0n) is 22.2. The molecule has 0 saturated carbocycles. The van der Waals surface area contributed by atoms with Gasteiger partial charge >= 0.3 is 0 Å². The lowest BCUT2D eigenvalue weighted by Crippen LogP contribution is -2.45. The number of halogens is 2. The van der Waals surface area contributed by atoms with Crippen LogP contribution in [0.2, 0.25) is 5.02 Å².